The molecule has 476 valence electrons. The predicted molar refractivity (Wildman–Crippen MR) is 395 cm³/mol. The van der Waals surface area contributed by atoms with Gasteiger partial charge in [0.15, 0.2) is 33.5 Å². The Hall–Kier alpha value is -12.0. The van der Waals surface area contributed by atoms with Gasteiger partial charge in [0.1, 0.15) is 38.0 Å². The summed E-state index contributed by atoms with van der Waals surface area (Å²) >= 11 is 5.21. The number of pyridine rings is 14. The van der Waals surface area contributed by atoms with Gasteiger partial charge in [0.25, 0.3) is 0 Å². The van der Waals surface area contributed by atoms with Gasteiger partial charge in [-0.25, -0.2) is 24.9 Å². The molecule has 0 amide bonds. The average molecular weight is 1340 g/mol. The van der Waals surface area contributed by atoms with E-state index in [2.05, 4.69) is 106 Å². The molecule has 0 radical (unpaired) electrons. The monoisotopic (exact) mass is 1340 g/mol. The maximum Gasteiger partial charge on any atom is 0.227 e. The van der Waals surface area contributed by atoms with Crippen LogP contribution in [-0.4, -0.2) is 69.8 Å². The summed E-state index contributed by atoms with van der Waals surface area (Å²) < 4.78 is 28.5. The van der Waals surface area contributed by atoms with Crippen molar-refractivity contribution in [3.8, 4) is 0 Å². The quantitative estimate of drug-likeness (QED) is 0.137. The zero-order valence-corrected chi connectivity index (χ0v) is 56.3. The number of aryl methyl sites for hydroxylation is 7. The maximum atomic E-state index is 5.60. The first-order valence-corrected chi connectivity index (χ1v) is 33.6. The average Bonchev–Trinajstić information content (AvgIpc) is 1.74. The van der Waals surface area contributed by atoms with Crippen molar-refractivity contribution in [3.63, 3.8) is 0 Å². The SMILES string of the molecule is Cc1cc2c(cn1)oc1ccncc12.Cc1cc2c(cn1)oc1ncccc12.Cc1cc2c(cn1)sc1ccncc12.Cc1cc2c(cn1)sc1ncccc12.Cc1ccc2oc3cccnc3c2n1.Cc1ccc2oc3cnccc3c2n1.Cc1ccc2sc3cccnc3c2n1. The third kappa shape index (κ3) is 12.9. The normalized spacial score (nSPS) is 11.2. The second-order valence-corrected chi connectivity index (χ2v) is 26.1. The van der Waals surface area contributed by atoms with E-state index in [0.717, 1.165) is 138 Å². The van der Waals surface area contributed by atoms with Crippen molar-refractivity contribution < 1.29 is 17.7 Å². The largest absolute Gasteiger partial charge is 0.454 e. The van der Waals surface area contributed by atoms with E-state index >= 15 is 0 Å². The molecule has 18 nitrogen and oxygen atoms in total. The Kier molecular flexibility index (Phi) is 17.1. The van der Waals surface area contributed by atoms with Crippen LogP contribution >= 0.6 is 34.0 Å². The molecular weight excluding hydrogens is 1280 g/mol. The van der Waals surface area contributed by atoms with Crippen LogP contribution < -0.4 is 0 Å². The van der Waals surface area contributed by atoms with Crippen LogP contribution in [-0.2, 0) is 0 Å². The van der Waals surface area contributed by atoms with E-state index in [1.54, 1.807) is 77.4 Å². The molecular formula is C77H56N14O4S3. The molecule has 21 heterocycles. The van der Waals surface area contributed by atoms with E-state index in [1.807, 2.05) is 183 Å². The fourth-order valence-corrected chi connectivity index (χ4v) is 14.2. The molecule has 0 saturated heterocycles. The fraction of sp³-hybridized carbons (Fsp3) is 0.0909. The van der Waals surface area contributed by atoms with E-state index < -0.39 is 0 Å². The highest BCUT2D eigenvalue weighted by Crippen LogP contribution is 2.36. The van der Waals surface area contributed by atoms with Gasteiger partial charge in [-0.05, 0) is 176 Å². The molecule has 0 spiro atoms. The van der Waals surface area contributed by atoms with Gasteiger partial charge in [-0.2, -0.15) is 0 Å². The Labute approximate surface area is 569 Å². The minimum Gasteiger partial charge on any atom is -0.454 e. The molecule has 21 aromatic heterocycles. The second-order valence-electron chi connectivity index (χ2n) is 22.9. The number of aromatic nitrogens is 14. The Balaban J connectivity index is 0.0000000933. The number of nitrogens with zero attached hydrogens (tertiary/aromatic N) is 14. The molecule has 0 bridgehead atoms. The lowest BCUT2D eigenvalue weighted by Gasteiger charge is -1.91. The Bertz CT molecular complexity index is 5390. The molecule has 0 aliphatic heterocycles. The summed E-state index contributed by atoms with van der Waals surface area (Å²) in [5.41, 5.74) is 18.1. The van der Waals surface area contributed by atoms with Gasteiger partial charge in [-0.1, -0.05) is 0 Å². The van der Waals surface area contributed by atoms with Crippen LogP contribution in [0.25, 0.3) is 149 Å². The number of rotatable bonds is 0. The predicted octanol–water partition coefficient (Wildman–Crippen LogP) is 20.2. The molecule has 0 aliphatic carbocycles. The first-order valence-electron chi connectivity index (χ1n) is 31.1. The standard InChI is InChI=1S/4C11H8N2O.3C11H8N2S/c1-7-4-8-9-5-12-3-2-10(9)14-11(8)6-13-7;1-7-2-3-9-11(13-7)8-4-5-12-6-10(8)14-9;1-7-4-5-9-11(13-7)10-8(14-9)3-2-6-12-10;1-7-5-9-8-3-2-4-12-11(8)14-10(9)6-13-7;1-7-4-8-9-5-12-3-2-10(9)14-11(8)6-13-7;1-7-4-5-9-11(13-7)10-8(14-9)3-2-6-12-10;1-7-5-9-8-3-2-4-12-11(8)14-10(9)6-13-7/h7*2-6H,1H3. The molecule has 98 heavy (non-hydrogen) atoms. The van der Waals surface area contributed by atoms with Gasteiger partial charge >= 0.3 is 0 Å². The molecule has 0 N–H and O–H groups in total. The van der Waals surface area contributed by atoms with E-state index in [-0.39, 0.29) is 0 Å². The van der Waals surface area contributed by atoms with Crippen molar-refractivity contribution in [1.82, 2.24) is 69.8 Å². The van der Waals surface area contributed by atoms with E-state index in [0.29, 0.717) is 5.71 Å². The smallest absolute Gasteiger partial charge is 0.227 e. The fourth-order valence-electron chi connectivity index (χ4n) is 11.2. The minimum atomic E-state index is 0.676. The molecule has 21 rings (SSSR count). The van der Waals surface area contributed by atoms with Crippen molar-refractivity contribution in [2.45, 2.75) is 48.5 Å². The summed E-state index contributed by atoms with van der Waals surface area (Å²) in [7, 11) is 0. The van der Waals surface area contributed by atoms with Crippen LogP contribution in [0.1, 0.15) is 39.9 Å². The molecule has 0 aromatic carbocycles. The van der Waals surface area contributed by atoms with Gasteiger partial charge in [0.05, 0.1) is 37.4 Å². The van der Waals surface area contributed by atoms with Crippen LogP contribution in [0.3, 0.4) is 0 Å². The summed E-state index contributed by atoms with van der Waals surface area (Å²) in [6, 6.07) is 41.8. The molecule has 21 heteroatoms. The molecule has 0 aliphatic rings. The zero-order valence-electron chi connectivity index (χ0n) is 53.8. The van der Waals surface area contributed by atoms with Crippen LogP contribution in [0.5, 0.6) is 0 Å². The highest BCUT2D eigenvalue weighted by atomic mass is 32.1. The minimum absolute atomic E-state index is 0.676. The summed E-state index contributed by atoms with van der Waals surface area (Å²) in [5.74, 6) is 0. The Morgan fingerprint density at radius 1 is 0.245 bits per heavy atom. The van der Waals surface area contributed by atoms with Gasteiger partial charge < -0.3 is 17.7 Å². The summed E-state index contributed by atoms with van der Waals surface area (Å²) in [5, 5.41) is 10.3. The summed E-state index contributed by atoms with van der Waals surface area (Å²) in [6.07, 6.45) is 25.3. The second kappa shape index (κ2) is 27.0. The third-order valence-electron chi connectivity index (χ3n) is 15.8. The van der Waals surface area contributed by atoms with Crippen LogP contribution in [0.4, 0.5) is 0 Å². The van der Waals surface area contributed by atoms with Crippen LogP contribution in [0.2, 0.25) is 0 Å². The van der Waals surface area contributed by atoms with Crippen molar-refractivity contribution >= 4 is 183 Å². The Morgan fingerprint density at radius 3 is 1.51 bits per heavy atom. The number of furan rings is 4. The lowest BCUT2D eigenvalue weighted by Crippen LogP contribution is -1.80. The first-order chi connectivity index (χ1) is 47.9. The molecule has 0 saturated carbocycles. The first kappa shape index (κ1) is 62.1. The van der Waals surface area contributed by atoms with Gasteiger partial charge in [0.2, 0.25) is 5.71 Å². The van der Waals surface area contributed by atoms with Crippen molar-refractivity contribution in [1.29, 1.82) is 0 Å². The van der Waals surface area contributed by atoms with Gasteiger partial charge in [0, 0.05) is 161 Å². The zero-order chi connectivity index (χ0) is 66.8. The molecule has 0 unspecified atom stereocenters. The van der Waals surface area contributed by atoms with Crippen LogP contribution in [0.15, 0.2) is 232 Å². The van der Waals surface area contributed by atoms with Crippen molar-refractivity contribution in [2.75, 3.05) is 0 Å². The molecule has 21 aromatic rings. The van der Waals surface area contributed by atoms with Gasteiger partial charge in [-0.3, -0.25) is 44.9 Å². The van der Waals surface area contributed by atoms with Crippen LogP contribution in [0, 0.1) is 48.5 Å². The topological polar surface area (TPSA) is 233 Å². The number of hydrogen-bond donors (Lipinski definition) is 0. The van der Waals surface area contributed by atoms with Crippen molar-refractivity contribution in [2.24, 2.45) is 0 Å². The molecule has 0 fully saturated rings. The number of hydrogen-bond acceptors (Lipinski definition) is 21. The summed E-state index contributed by atoms with van der Waals surface area (Å²) in [4.78, 5) is 60.8. The van der Waals surface area contributed by atoms with E-state index in [4.69, 9.17) is 17.7 Å². The number of thiophene rings is 3. The van der Waals surface area contributed by atoms with Crippen molar-refractivity contribution in [3.05, 3.63) is 254 Å². The van der Waals surface area contributed by atoms with Gasteiger partial charge in [-0.15, -0.1) is 34.0 Å². The summed E-state index contributed by atoms with van der Waals surface area (Å²) in [6.45, 7) is 13.9. The molecule has 0 atom stereocenters. The lowest BCUT2D eigenvalue weighted by molar-refractivity contribution is 0.652. The Morgan fingerprint density at radius 2 is 0.745 bits per heavy atom. The highest BCUT2D eigenvalue weighted by Gasteiger charge is 2.13. The van der Waals surface area contributed by atoms with E-state index in [1.165, 1.54) is 45.0 Å². The lowest BCUT2D eigenvalue weighted by atomic mass is 10.2. The number of fused-ring (bicyclic) bond motifs is 21. The maximum absolute atomic E-state index is 5.60. The highest BCUT2D eigenvalue weighted by molar-refractivity contribution is 7.26. The third-order valence-corrected chi connectivity index (χ3v) is 19.1. The van der Waals surface area contributed by atoms with E-state index in [9.17, 15) is 0 Å².